The van der Waals surface area contributed by atoms with Gasteiger partial charge in [0.15, 0.2) is 0 Å². The van der Waals surface area contributed by atoms with Crippen LogP contribution in [0.4, 0.5) is 0 Å². The zero-order chi connectivity index (χ0) is 10.4. The summed E-state index contributed by atoms with van der Waals surface area (Å²) in [6, 6.07) is 8.90. The number of aryl methyl sites for hydroxylation is 1. The summed E-state index contributed by atoms with van der Waals surface area (Å²) in [6.45, 7) is 5.42. The molecule has 14 heavy (non-hydrogen) atoms. The fourth-order valence-corrected chi connectivity index (χ4v) is 1.40. The van der Waals surface area contributed by atoms with Crippen molar-refractivity contribution in [1.29, 1.82) is 0 Å². The number of quaternary nitrogens is 1. The Balaban J connectivity index is 2.41. The van der Waals surface area contributed by atoms with Crippen LogP contribution in [0.3, 0.4) is 0 Å². The number of aliphatic hydroxyl groups excluding tert-OH is 1. The average Bonchev–Trinajstić information content (AvgIpc) is 2.22. The Kier molecular flexibility index (Phi) is 4.63. The van der Waals surface area contributed by atoms with Crippen molar-refractivity contribution in [2.45, 2.75) is 32.9 Å². The largest absolute Gasteiger partial charge is 0.390 e. The van der Waals surface area contributed by atoms with Crippen molar-refractivity contribution < 1.29 is 10.4 Å². The molecule has 0 unspecified atom stereocenters. The summed E-state index contributed by atoms with van der Waals surface area (Å²) in [7, 11) is 0. The Hall–Kier alpha value is -0.860. The third-order valence-corrected chi connectivity index (χ3v) is 2.57. The predicted molar refractivity (Wildman–Crippen MR) is 58.0 cm³/mol. The van der Waals surface area contributed by atoms with Gasteiger partial charge in [-0.25, -0.2) is 0 Å². The molecule has 0 saturated heterocycles. The Morgan fingerprint density at radius 1 is 1.29 bits per heavy atom. The molecule has 0 aliphatic heterocycles. The van der Waals surface area contributed by atoms with Gasteiger partial charge < -0.3 is 10.4 Å². The molecule has 0 bridgehead atoms. The third kappa shape index (κ3) is 3.48. The van der Waals surface area contributed by atoms with Gasteiger partial charge in [-0.2, -0.15) is 0 Å². The molecular weight excluding hydrogens is 174 g/mol. The van der Waals surface area contributed by atoms with Crippen LogP contribution in [0.5, 0.6) is 0 Å². The topological polar surface area (TPSA) is 36.8 Å². The van der Waals surface area contributed by atoms with Crippen molar-refractivity contribution in [2.75, 3.05) is 6.61 Å². The van der Waals surface area contributed by atoms with E-state index in [4.69, 9.17) is 5.11 Å². The lowest BCUT2D eigenvalue weighted by Gasteiger charge is -2.10. The molecule has 1 rings (SSSR count). The fraction of sp³-hybridized carbons (Fsp3) is 0.500. The van der Waals surface area contributed by atoms with E-state index in [2.05, 4.69) is 43.4 Å². The monoisotopic (exact) mass is 194 g/mol. The zero-order valence-corrected chi connectivity index (χ0v) is 9.03. The van der Waals surface area contributed by atoms with Crippen molar-refractivity contribution in [2.24, 2.45) is 0 Å². The number of hydrogen-bond donors (Lipinski definition) is 2. The number of nitrogens with two attached hydrogens (primary N) is 1. The van der Waals surface area contributed by atoms with Crippen molar-refractivity contribution in [1.82, 2.24) is 0 Å². The molecule has 0 spiro atoms. The minimum absolute atomic E-state index is 0.266. The molecule has 0 aliphatic rings. The predicted octanol–water partition coefficient (Wildman–Crippen LogP) is 0.829. The van der Waals surface area contributed by atoms with Gasteiger partial charge in [0, 0.05) is 5.56 Å². The van der Waals surface area contributed by atoms with E-state index < -0.39 is 0 Å². The average molecular weight is 194 g/mol. The lowest BCUT2D eigenvalue weighted by atomic mass is 10.1. The van der Waals surface area contributed by atoms with Gasteiger partial charge >= 0.3 is 0 Å². The van der Waals surface area contributed by atoms with Gasteiger partial charge in [-0.3, -0.25) is 0 Å². The molecule has 0 heterocycles. The Morgan fingerprint density at radius 3 is 2.43 bits per heavy atom. The number of aliphatic hydroxyl groups is 1. The lowest BCUT2D eigenvalue weighted by molar-refractivity contribution is -0.706. The van der Waals surface area contributed by atoms with E-state index in [0.717, 1.165) is 13.0 Å². The first kappa shape index (κ1) is 11.2. The highest BCUT2D eigenvalue weighted by atomic mass is 16.3. The number of rotatable bonds is 5. The van der Waals surface area contributed by atoms with Crippen molar-refractivity contribution in [3.05, 3.63) is 35.4 Å². The second-order valence-electron chi connectivity index (χ2n) is 3.78. The van der Waals surface area contributed by atoms with Crippen LogP contribution in [-0.4, -0.2) is 17.8 Å². The molecule has 2 heteroatoms. The first-order valence-corrected chi connectivity index (χ1v) is 5.26. The molecule has 0 fully saturated rings. The highest BCUT2D eigenvalue weighted by Gasteiger charge is 2.06. The summed E-state index contributed by atoms with van der Waals surface area (Å²) >= 11 is 0. The van der Waals surface area contributed by atoms with Gasteiger partial charge in [0.25, 0.3) is 0 Å². The quantitative estimate of drug-likeness (QED) is 0.715. The van der Waals surface area contributed by atoms with Gasteiger partial charge in [0.1, 0.15) is 12.6 Å². The third-order valence-electron chi connectivity index (χ3n) is 2.57. The molecule has 2 nitrogen and oxygen atoms in total. The summed E-state index contributed by atoms with van der Waals surface area (Å²) in [5.41, 5.74) is 2.62. The molecule has 0 aromatic heterocycles. The van der Waals surface area contributed by atoms with Crippen LogP contribution >= 0.6 is 0 Å². The number of hydrogen-bond acceptors (Lipinski definition) is 1. The Labute approximate surface area is 86.0 Å². The standard InChI is InChI=1S/C12H19NO/c1-3-12(9-14)13-8-11-6-4-10(2)5-7-11/h4-7,12-14H,3,8-9H2,1-2H3/p+1/t12-/m1/s1. The van der Waals surface area contributed by atoms with E-state index in [0.29, 0.717) is 6.04 Å². The molecule has 1 atom stereocenters. The first-order chi connectivity index (χ1) is 6.76. The lowest BCUT2D eigenvalue weighted by Crippen LogP contribution is -2.89. The summed E-state index contributed by atoms with van der Waals surface area (Å²) in [6.07, 6.45) is 1.02. The summed E-state index contributed by atoms with van der Waals surface area (Å²) in [5.74, 6) is 0. The summed E-state index contributed by atoms with van der Waals surface area (Å²) in [4.78, 5) is 0. The highest BCUT2D eigenvalue weighted by molar-refractivity contribution is 5.20. The molecule has 0 aliphatic carbocycles. The SMILES string of the molecule is CC[C@H](CO)[NH2+]Cc1ccc(C)cc1. The highest BCUT2D eigenvalue weighted by Crippen LogP contribution is 2.00. The van der Waals surface area contributed by atoms with Crippen LogP contribution in [0, 0.1) is 6.92 Å². The molecule has 1 aromatic carbocycles. The minimum Gasteiger partial charge on any atom is -0.390 e. The maximum Gasteiger partial charge on any atom is 0.109 e. The smallest absolute Gasteiger partial charge is 0.109 e. The van der Waals surface area contributed by atoms with Crippen LogP contribution in [0.2, 0.25) is 0 Å². The minimum atomic E-state index is 0.266. The second-order valence-corrected chi connectivity index (χ2v) is 3.78. The van der Waals surface area contributed by atoms with Crippen LogP contribution in [-0.2, 0) is 6.54 Å². The van der Waals surface area contributed by atoms with E-state index >= 15 is 0 Å². The first-order valence-electron chi connectivity index (χ1n) is 5.26. The molecule has 78 valence electrons. The van der Waals surface area contributed by atoms with Crippen LogP contribution in [0.15, 0.2) is 24.3 Å². The van der Waals surface area contributed by atoms with E-state index in [1.807, 2.05) is 0 Å². The molecular formula is C12H20NO+. The molecule has 0 amide bonds. The van der Waals surface area contributed by atoms with Gasteiger partial charge in [-0.1, -0.05) is 36.8 Å². The van der Waals surface area contributed by atoms with Crippen molar-refractivity contribution in [3.63, 3.8) is 0 Å². The maximum absolute atomic E-state index is 9.02. The van der Waals surface area contributed by atoms with E-state index in [1.54, 1.807) is 0 Å². The van der Waals surface area contributed by atoms with Gasteiger partial charge in [0.05, 0.1) is 6.61 Å². The van der Waals surface area contributed by atoms with Crippen LogP contribution in [0.25, 0.3) is 0 Å². The molecule has 0 radical (unpaired) electrons. The van der Waals surface area contributed by atoms with E-state index in [9.17, 15) is 0 Å². The van der Waals surface area contributed by atoms with Crippen LogP contribution < -0.4 is 5.32 Å². The van der Waals surface area contributed by atoms with E-state index in [-0.39, 0.29) is 6.61 Å². The van der Waals surface area contributed by atoms with E-state index in [1.165, 1.54) is 11.1 Å². The van der Waals surface area contributed by atoms with Gasteiger partial charge in [0.2, 0.25) is 0 Å². The number of benzene rings is 1. The van der Waals surface area contributed by atoms with Crippen molar-refractivity contribution >= 4 is 0 Å². The van der Waals surface area contributed by atoms with Crippen LogP contribution in [0.1, 0.15) is 24.5 Å². The summed E-state index contributed by atoms with van der Waals surface area (Å²) < 4.78 is 0. The maximum atomic E-state index is 9.02. The fourth-order valence-electron chi connectivity index (χ4n) is 1.40. The van der Waals surface area contributed by atoms with Gasteiger partial charge in [-0.15, -0.1) is 0 Å². The Bertz CT molecular complexity index is 252. The molecule has 0 saturated carbocycles. The molecule has 1 aromatic rings. The zero-order valence-electron chi connectivity index (χ0n) is 9.03. The second kappa shape index (κ2) is 5.78. The Morgan fingerprint density at radius 2 is 1.93 bits per heavy atom. The molecule has 3 N–H and O–H groups in total. The normalized spacial score (nSPS) is 12.8. The van der Waals surface area contributed by atoms with Gasteiger partial charge in [-0.05, 0) is 13.3 Å². The summed E-state index contributed by atoms with van der Waals surface area (Å²) in [5, 5.41) is 11.2. The van der Waals surface area contributed by atoms with Crippen molar-refractivity contribution in [3.8, 4) is 0 Å².